The predicted molar refractivity (Wildman–Crippen MR) is 69.9 cm³/mol. The highest BCUT2D eigenvalue weighted by Crippen LogP contribution is 2.29. The third kappa shape index (κ3) is 3.69. The van der Waals surface area contributed by atoms with Crippen LogP contribution in [-0.4, -0.2) is 35.8 Å². The molecule has 1 aliphatic heterocycles. The molecule has 0 aromatic carbocycles. The Morgan fingerprint density at radius 2 is 2.17 bits per heavy atom. The second-order valence-electron chi connectivity index (χ2n) is 4.16. The highest BCUT2D eigenvalue weighted by atomic mass is 32.2. The average Bonchev–Trinajstić information content (AvgIpc) is 2.86. The molecule has 102 valence electrons. The van der Waals surface area contributed by atoms with E-state index in [-0.39, 0.29) is 12.3 Å². The first-order chi connectivity index (χ1) is 8.61. The number of nitrogens with zero attached hydrogens (tertiary/aromatic N) is 2. The molecule has 2 heterocycles. The van der Waals surface area contributed by atoms with Gasteiger partial charge in [0.2, 0.25) is 15.9 Å². The van der Waals surface area contributed by atoms with E-state index in [1.54, 1.807) is 6.92 Å². The fourth-order valence-electron chi connectivity index (χ4n) is 1.74. The van der Waals surface area contributed by atoms with Crippen LogP contribution in [0.1, 0.15) is 37.4 Å². The lowest BCUT2D eigenvalue weighted by Crippen LogP contribution is -2.24. The van der Waals surface area contributed by atoms with Gasteiger partial charge in [0.05, 0.1) is 12.3 Å². The molecular weight excluding hydrogens is 274 g/mol. The smallest absolute Gasteiger partial charge is 0.241 e. The molecule has 0 unspecified atom stereocenters. The number of hydrogen-bond acceptors (Lipinski definition) is 6. The molecule has 0 amide bonds. The third-order valence-electron chi connectivity index (χ3n) is 2.89. The Morgan fingerprint density at radius 1 is 1.44 bits per heavy atom. The van der Waals surface area contributed by atoms with Crippen molar-refractivity contribution >= 4 is 21.8 Å². The van der Waals surface area contributed by atoms with E-state index in [2.05, 4.69) is 14.9 Å². The molecule has 1 aliphatic rings. The van der Waals surface area contributed by atoms with Crippen molar-refractivity contribution in [3.63, 3.8) is 0 Å². The maximum Gasteiger partial charge on any atom is 0.241 e. The van der Waals surface area contributed by atoms with Crippen LogP contribution in [0.5, 0.6) is 0 Å². The number of sulfonamides is 1. The summed E-state index contributed by atoms with van der Waals surface area (Å²) < 4.78 is 30.0. The molecule has 1 aromatic rings. The molecule has 1 fully saturated rings. The van der Waals surface area contributed by atoms with Crippen molar-refractivity contribution in [2.75, 3.05) is 17.3 Å². The molecular formula is C10H17N3O3S2. The first-order valence-corrected chi connectivity index (χ1v) is 8.79. The second kappa shape index (κ2) is 6.03. The van der Waals surface area contributed by atoms with Crippen molar-refractivity contribution in [1.29, 1.82) is 0 Å². The van der Waals surface area contributed by atoms with Crippen LogP contribution < -0.4 is 4.72 Å². The van der Waals surface area contributed by atoms with E-state index >= 15 is 0 Å². The van der Waals surface area contributed by atoms with Crippen molar-refractivity contribution in [1.82, 2.24) is 14.9 Å². The molecule has 6 nitrogen and oxygen atoms in total. The Hall–Kier alpha value is -0.600. The van der Waals surface area contributed by atoms with E-state index in [9.17, 15) is 8.42 Å². The largest absolute Gasteiger partial charge is 0.338 e. The van der Waals surface area contributed by atoms with Gasteiger partial charge in [0, 0.05) is 5.92 Å². The van der Waals surface area contributed by atoms with Gasteiger partial charge < -0.3 is 4.52 Å². The fraction of sp³-hybridized carbons (Fsp3) is 0.800. The highest BCUT2D eigenvalue weighted by molar-refractivity contribution is 7.99. The van der Waals surface area contributed by atoms with E-state index < -0.39 is 10.0 Å². The van der Waals surface area contributed by atoms with E-state index in [0.717, 1.165) is 24.3 Å². The normalized spacial score (nSPS) is 18.1. The summed E-state index contributed by atoms with van der Waals surface area (Å²) in [6.45, 7) is 1.66. The van der Waals surface area contributed by atoms with Crippen LogP contribution in [0.3, 0.4) is 0 Å². The van der Waals surface area contributed by atoms with E-state index in [4.69, 9.17) is 4.52 Å². The van der Waals surface area contributed by atoms with Gasteiger partial charge in [0.15, 0.2) is 5.82 Å². The molecule has 1 N–H and O–H groups in total. The van der Waals surface area contributed by atoms with Gasteiger partial charge >= 0.3 is 0 Å². The predicted octanol–water partition coefficient (Wildman–Crippen LogP) is 1.12. The molecule has 18 heavy (non-hydrogen) atoms. The van der Waals surface area contributed by atoms with Crippen LogP contribution >= 0.6 is 11.8 Å². The van der Waals surface area contributed by atoms with Crippen molar-refractivity contribution in [2.45, 2.75) is 32.2 Å². The summed E-state index contributed by atoms with van der Waals surface area (Å²) in [5, 5.41) is 3.94. The zero-order valence-corrected chi connectivity index (χ0v) is 11.9. The lowest BCUT2D eigenvalue weighted by atomic mass is 10.0. The van der Waals surface area contributed by atoms with Gasteiger partial charge in [0.25, 0.3) is 0 Å². The first-order valence-electron chi connectivity index (χ1n) is 5.98. The Kier molecular flexibility index (Phi) is 4.63. The summed E-state index contributed by atoms with van der Waals surface area (Å²) >= 11 is 1.94. The second-order valence-corrected chi connectivity index (χ2v) is 7.48. The number of thioether (sulfide) groups is 1. The Balaban J connectivity index is 1.93. The van der Waals surface area contributed by atoms with E-state index in [0.29, 0.717) is 17.6 Å². The first kappa shape index (κ1) is 13.8. The van der Waals surface area contributed by atoms with Crippen LogP contribution in [0, 0.1) is 0 Å². The Morgan fingerprint density at radius 3 is 2.83 bits per heavy atom. The fourth-order valence-corrected chi connectivity index (χ4v) is 3.39. The van der Waals surface area contributed by atoms with Crippen LogP contribution in [0.15, 0.2) is 4.52 Å². The molecule has 0 radical (unpaired) electrons. The minimum Gasteiger partial charge on any atom is -0.338 e. The summed E-state index contributed by atoms with van der Waals surface area (Å²) in [7, 11) is -3.21. The maximum absolute atomic E-state index is 11.3. The van der Waals surface area contributed by atoms with Crippen molar-refractivity contribution in [3.8, 4) is 0 Å². The number of aromatic nitrogens is 2. The quantitative estimate of drug-likeness (QED) is 0.875. The van der Waals surface area contributed by atoms with Crippen molar-refractivity contribution in [2.24, 2.45) is 0 Å². The Bertz CT molecular complexity index is 480. The third-order valence-corrected chi connectivity index (χ3v) is 5.29. The van der Waals surface area contributed by atoms with Crippen LogP contribution in [0.4, 0.5) is 0 Å². The van der Waals surface area contributed by atoms with Gasteiger partial charge in [0.1, 0.15) is 0 Å². The van der Waals surface area contributed by atoms with E-state index in [1.807, 2.05) is 11.8 Å². The number of hydrogen-bond donors (Lipinski definition) is 1. The summed E-state index contributed by atoms with van der Waals surface area (Å²) in [5.74, 6) is 3.69. The van der Waals surface area contributed by atoms with Gasteiger partial charge in [-0.3, -0.25) is 0 Å². The van der Waals surface area contributed by atoms with Gasteiger partial charge in [-0.25, -0.2) is 13.1 Å². The minimum absolute atomic E-state index is 0.0494. The zero-order chi connectivity index (χ0) is 13.0. The van der Waals surface area contributed by atoms with Gasteiger partial charge in [-0.2, -0.15) is 16.7 Å². The maximum atomic E-state index is 11.3. The minimum atomic E-state index is -3.21. The molecule has 0 atom stereocenters. The van der Waals surface area contributed by atoms with Crippen molar-refractivity contribution < 1.29 is 12.9 Å². The van der Waals surface area contributed by atoms with Crippen molar-refractivity contribution in [3.05, 3.63) is 11.7 Å². The standard InChI is InChI=1S/C10H17N3O3S2/c1-2-18(14,15)11-7-9-12-10(13-16-9)8-3-5-17-6-4-8/h8,11H,2-7H2,1H3. The molecule has 1 aromatic heterocycles. The Labute approximate surface area is 111 Å². The summed E-state index contributed by atoms with van der Waals surface area (Å²) in [6.07, 6.45) is 2.12. The van der Waals surface area contributed by atoms with E-state index in [1.165, 1.54) is 0 Å². The lowest BCUT2D eigenvalue weighted by Gasteiger charge is -2.17. The van der Waals surface area contributed by atoms with Gasteiger partial charge in [-0.1, -0.05) is 5.16 Å². The molecule has 0 bridgehead atoms. The zero-order valence-electron chi connectivity index (χ0n) is 10.3. The molecule has 8 heteroatoms. The van der Waals surface area contributed by atoms with Gasteiger partial charge in [-0.05, 0) is 31.3 Å². The highest BCUT2D eigenvalue weighted by Gasteiger charge is 2.21. The SMILES string of the molecule is CCS(=O)(=O)NCc1nc(C2CCSCC2)no1. The van der Waals surface area contributed by atoms with Crippen LogP contribution in [-0.2, 0) is 16.6 Å². The monoisotopic (exact) mass is 291 g/mol. The molecule has 0 spiro atoms. The van der Waals surface area contributed by atoms with Crippen LogP contribution in [0.25, 0.3) is 0 Å². The van der Waals surface area contributed by atoms with Crippen LogP contribution in [0.2, 0.25) is 0 Å². The molecule has 0 aliphatic carbocycles. The summed E-state index contributed by atoms with van der Waals surface area (Å²) in [5.41, 5.74) is 0. The molecule has 0 saturated carbocycles. The molecule has 2 rings (SSSR count). The summed E-state index contributed by atoms with van der Waals surface area (Å²) in [6, 6.07) is 0. The summed E-state index contributed by atoms with van der Waals surface area (Å²) in [4.78, 5) is 4.26. The molecule has 1 saturated heterocycles. The topological polar surface area (TPSA) is 85.1 Å². The average molecular weight is 291 g/mol. The lowest BCUT2D eigenvalue weighted by molar-refractivity contribution is 0.365. The number of rotatable bonds is 5. The van der Waals surface area contributed by atoms with Gasteiger partial charge in [-0.15, -0.1) is 0 Å². The number of nitrogens with one attached hydrogen (secondary N) is 1.